The molecule has 0 heterocycles. The van der Waals surface area contributed by atoms with Crippen molar-refractivity contribution in [2.24, 2.45) is 5.73 Å². The van der Waals surface area contributed by atoms with E-state index in [2.05, 4.69) is 26.0 Å². The van der Waals surface area contributed by atoms with Crippen LogP contribution in [0.15, 0.2) is 24.3 Å². The normalized spacial score (nSPS) is 11.9. The lowest BCUT2D eigenvalue weighted by Gasteiger charge is -2.18. The summed E-state index contributed by atoms with van der Waals surface area (Å²) >= 11 is 0. The topological polar surface area (TPSA) is 44.5 Å². The maximum absolute atomic E-state index is 5.82. The Bertz CT molecular complexity index is 352. The Morgan fingerprint density at radius 2 is 1.74 bits per heavy atom. The highest BCUT2D eigenvalue weighted by Crippen LogP contribution is 2.18. The first-order valence-corrected chi connectivity index (χ1v) is 6.98. The summed E-state index contributed by atoms with van der Waals surface area (Å²) in [5.74, 6) is 1.48. The molecule has 0 bridgehead atoms. The van der Waals surface area contributed by atoms with Crippen molar-refractivity contribution < 1.29 is 9.47 Å². The van der Waals surface area contributed by atoms with Crippen LogP contribution in [0.4, 0.5) is 0 Å². The summed E-state index contributed by atoms with van der Waals surface area (Å²) < 4.78 is 11.1. The number of rotatable bonds is 8. The summed E-state index contributed by atoms with van der Waals surface area (Å²) in [5.41, 5.74) is 6.90. The van der Waals surface area contributed by atoms with Crippen molar-refractivity contribution in [3.05, 3.63) is 29.8 Å². The van der Waals surface area contributed by atoms with Crippen molar-refractivity contribution in [3.8, 4) is 5.75 Å². The lowest BCUT2D eigenvalue weighted by Crippen LogP contribution is -2.37. The van der Waals surface area contributed by atoms with Gasteiger partial charge in [-0.15, -0.1) is 0 Å². The second-order valence-electron chi connectivity index (χ2n) is 5.97. The first kappa shape index (κ1) is 16.0. The minimum absolute atomic E-state index is 0.256. The van der Waals surface area contributed by atoms with Crippen molar-refractivity contribution in [1.29, 1.82) is 0 Å². The van der Waals surface area contributed by atoms with Gasteiger partial charge >= 0.3 is 0 Å². The number of ether oxygens (including phenoxy) is 2. The highest BCUT2D eigenvalue weighted by atomic mass is 16.5. The molecule has 3 nitrogen and oxygen atoms in total. The zero-order valence-corrected chi connectivity index (χ0v) is 12.6. The minimum Gasteiger partial charge on any atom is -0.494 e. The molecule has 2 N–H and O–H groups in total. The molecule has 0 unspecified atom stereocenters. The fourth-order valence-electron chi connectivity index (χ4n) is 1.64. The van der Waals surface area contributed by atoms with Gasteiger partial charge in [-0.05, 0) is 37.5 Å². The Hall–Kier alpha value is -1.06. The van der Waals surface area contributed by atoms with Crippen LogP contribution in [0.2, 0.25) is 0 Å². The second kappa shape index (κ2) is 7.51. The van der Waals surface area contributed by atoms with E-state index in [0.29, 0.717) is 25.7 Å². The molecule has 0 radical (unpaired) electrons. The molecule has 0 amide bonds. The first-order chi connectivity index (χ1) is 8.88. The standard InChI is InChI=1S/C16H27NO2/c1-13(2)14-6-8-15(9-7-14)19-11-5-10-18-12-16(3,4)17/h6-9,13H,5,10-12,17H2,1-4H3. The molecule has 0 saturated carbocycles. The Morgan fingerprint density at radius 1 is 1.11 bits per heavy atom. The van der Waals surface area contributed by atoms with Crippen LogP contribution in [0, 0.1) is 0 Å². The summed E-state index contributed by atoms with van der Waals surface area (Å²) in [7, 11) is 0. The molecule has 0 aliphatic heterocycles. The highest BCUT2D eigenvalue weighted by Gasteiger charge is 2.09. The molecule has 0 atom stereocenters. The second-order valence-corrected chi connectivity index (χ2v) is 5.97. The molecule has 1 aromatic carbocycles. The number of benzene rings is 1. The van der Waals surface area contributed by atoms with E-state index in [0.717, 1.165) is 12.2 Å². The molecule has 19 heavy (non-hydrogen) atoms. The average Bonchev–Trinajstić information content (AvgIpc) is 2.33. The van der Waals surface area contributed by atoms with Gasteiger partial charge in [-0.3, -0.25) is 0 Å². The maximum Gasteiger partial charge on any atom is 0.119 e. The van der Waals surface area contributed by atoms with Gasteiger partial charge in [0.1, 0.15) is 5.75 Å². The van der Waals surface area contributed by atoms with Gasteiger partial charge in [0, 0.05) is 18.6 Å². The van der Waals surface area contributed by atoms with Crippen molar-refractivity contribution in [2.45, 2.75) is 45.6 Å². The molecular formula is C16H27NO2. The average molecular weight is 265 g/mol. The van der Waals surface area contributed by atoms with Gasteiger partial charge in [0.2, 0.25) is 0 Å². The highest BCUT2D eigenvalue weighted by molar-refractivity contribution is 5.28. The fourth-order valence-corrected chi connectivity index (χ4v) is 1.64. The third-order valence-electron chi connectivity index (χ3n) is 2.72. The van der Waals surface area contributed by atoms with E-state index in [9.17, 15) is 0 Å². The van der Waals surface area contributed by atoms with Gasteiger partial charge < -0.3 is 15.2 Å². The summed E-state index contributed by atoms with van der Waals surface area (Å²) in [5, 5.41) is 0. The predicted octanol–water partition coefficient (Wildman–Crippen LogP) is 3.33. The Balaban J connectivity index is 2.16. The molecule has 1 rings (SSSR count). The third kappa shape index (κ3) is 7.19. The van der Waals surface area contributed by atoms with Crippen LogP contribution in [0.5, 0.6) is 5.75 Å². The molecule has 0 aromatic heterocycles. The SMILES string of the molecule is CC(C)c1ccc(OCCCOCC(C)(C)N)cc1. The molecule has 0 fully saturated rings. The molecule has 0 saturated heterocycles. The zero-order chi connectivity index (χ0) is 14.3. The predicted molar refractivity (Wildman–Crippen MR) is 79.7 cm³/mol. The Kier molecular flexibility index (Phi) is 6.32. The zero-order valence-electron chi connectivity index (χ0n) is 12.6. The Labute approximate surface area is 117 Å². The molecule has 3 heteroatoms. The number of nitrogens with two attached hydrogens (primary N) is 1. The summed E-state index contributed by atoms with van der Waals surface area (Å²) in [6.45, 7) is 10.2. The molecule has 108 valence electrons. The smallest absolute Gasteiger partial charge is 0.119 e. The van der Waals surface area contributed by atoms with E-state index in [1.54, 1.807) is 0 Å². The molecule has 0 aliphatic rings. The van der Waals surface area contributed by atoms with Crippen LogP contribution in [0.25, 0.3) is 0 Å². The van der Waals surface area contributed by atoms with Crippen molar-refractivity contribution in [1.82, 2.24) is 0 Å². The van der Waals surface area contributed by atoms with E-state index < -0.39 is 0 Å². The summed E-state index contributed by atoms with van der Waals surface area (Å²) in [6, 6.07) is 8.29. The van der Waals surface area contributed by atoms with Crippen LogP contribution in [0.3, 0.4) is 0 Å². The molecule has 0 aliphatic carbocycles. The van der Waals surface area contributed by atoms with Crippen LogP contribution in [-0.4, -0.2) is 25.4 Å². The van der Waals surface area contributed by atoms with E-state index in [1.807, 2.05) is 26.0 Å². The fraction of sp³-hybridized carbons (Fsp3) is 0.625. The van der Waals surface area contributed by atoms with Crippen LogP contribution < -0.4 is 10.5 Å². The largest absolute Gasteiger partial charge is 0.494 e. The van der Waals surface area contributed by atoms with Crippen LogP contribution in [0.1, 0.15) is 45.6 Å². The monoisotopic (exact) mass is 265 g/mol. The van der Waals surface area contributed by atoms with Gasteiger partial charge in [0.15, 0.2) is 0 Å². The molecule has 1 aromatic rings. The van der Waals surface area contributed by atoms with Crippen molar-refractivity contribution in [3.63, 3.8) is 0 Å². The lowest BCUT2D eigenvalue weighted by molar-refractivity contribution is 0.0870. The Morgan fingerprint density at radius 3 is 2.26 bits per heavy atom. The minimum atomic E-state index is -0.256. The third-order valence-corrected chi connectivity index (χ3v) is 2.72. The number of hydrogen-bond donors (Lipinski definition) is 1. The van der Waals surface area contributed by atoms with Gasteiger partial charge in [-0.1, -0.05) is 26.0 Å². The van der Waals surface area contributed by atoms with Gasteiger partial charge in [-0.25, -0.2) is 0 Å². The van der Waals surface area contributed by atoms with E-state index >= 15 is 0 Å². The van der Waals surface area contributed by atoms with E-state index in [1.165, 1.54) is 5.56 Å². The molecular weight excluding hydrogens is 238 g/mol. The van der Waals surface area contributed by atoms with Gasteiger partial charge in [0.05, 0.1) is 13.2 Å². The van der Waals surface area contributed by atoms with Crippen LogP contribution >= 0.6 is 0 Å². The van der Waals surface area contributed by atoms with Crippen molar-refractivity contribution >= 4 is 0 Å². The summed E-state index contributed by atoms with van der Waals surface area (Å²) in [4.78, 5) is 0. The van der Waals surface area contributed by atoms with Crippen LogP contribution in [-0.2, 0) is 4.74 Å². The van der Waals surface area contributed by atoms with E-state index in [-0.39, 0.29) is 5.54 Å². The number of hydrogen-bond acceptors (Lipinski definition) is 3. The van der Waals surface area contributed by atoms with Gasteiger partial charge in [0.25, 0.3) is 0 Å². The summed E-state index contributed by atoms with van der Waals surface area (Å²) in [6.07, 6.45) is 0.877. The molecule has 0 spiro atoms. The van der Waals surface area contributed by atoms with E-state index in [4.69, 9.17) is 15.2 Å². The maximum atomic E-state index is 5.82. The first-order valence-electron chi connectivity index (χ1n) is 6.98. The van der Waals surface area contributed by atoms with Crippen molar-refractivity contribution in [2.75, 3.05) is 19.8 Å². The quantitative estimate of drug-likeness (QED) is 0.733. The lowest BCUT2D eigenvalue weighted by atomic mass is 10.0. The van der Waals surface area contributed by atoms with Gasteiger partial charge in [-0.2, -0.15) is 0 Å².